The Morgan fingerprint density at radius 2 is 1.83 bits per heavy atom. The minimum atomic E-state index is 0.321. The standard InChI is InChI=1S/C22H28O/c1-16-6-5-7-22(14-16)18(3)9-8-17(2)21-12-10-20(11-13-21)15-19(4)23/h5-9,14,20-21,23H,2-4,10-13,15H2,1H3/b9-8-. The number of rotatable bonds is 6. The van der Waals surface area contributed by atoms with Crippen molar-refractivity contribution < 1.29 is 5.11 Å². The Morgan fingerprint density at radius 1 is 1.13 bits per heavy atom. The van der Waals surface area contributed by atoms with Crippen molar-refractivity contribution in [2.45, 2.75) is 39.0 Å². The van der Waals surface area contributed by atoms with Crippen LogP contribution >= 0.6 is 0 Å². The Balaban J connectivity index is 1.87. The molecule has 0 aliphatic heterocycles. The van der Waals surface area contributed by atoms with Crippen molar-refractivity contribution in [3.63, 3.8) is 0 Å². The van der Waals surface area contributed by atoms with Crippen molar-refractivity contribution in [1.29, 1.82) is 0 Å². The summed E-state index contributed by atoms with van der Waals surface area (Å²) in [7, 11) is 0. The zero-order valence-corrected chi connectivity index (χ0v) is 14.2. The van der Waals surface area contributed by atoms with Gasteiger partial charge >= 0.3 is 0 Å². The van der Waals surface area contributed by atoms with E-state index in [1.165, 1.54) is 16.7 Å². The maximum atomic E-state index is 9.32. The Hall–Kier alpha value is -2.02. The molecule has 1 aromatic carbocycles. The van der Waals surface area contributed by atoms with Crippen LogP contribution < -0.4 is 0 Å². The normalized spacial score (nSPS) is 21.3. The predicted octanol–water partition coefficient (Wildman–Crippen LogP) is 6.39. The van der Waals surface area contributed by atoms with E-state index in [0.717, 1.165) is 37.7 Å². The molecule has 0 radical (unpaired) electrons. The molecule has 0 spiro atoms. The third-order valence-corrected chi connectivity index (χ3v) is 4.78. The lowest BCUT2D eigenvalue weighted by Gasteiger charge is -2.28. The number of hydrogen-bond acceptors (Lipinski definition) is 1. The first-order valence-corrected chi connectivity index (χ1v) is 8.45. The van der Waals surface area contributed by atoms with Crippen LogP contribution in [-0.2, 0) is 0 Å². The summed E-state index contributed by atoms with van der Waals surface area (Å²) in [4.78, 5) is 0. The Bertz CT molecular complexity index is 613. The van der Waals surface area contributed by atoms with Gasteiger partial charge in [-0.3, -0.25) is 0 Å². The maximum Gasteiger partial charge on any atom is 0.0853 e. The van der Waals surface area contributed by atoms with E-state index in [0.29, 0.717) is 17.6 Å². The van der Waals surface area contributed by atoms with Crippen molar-refractivity contribution in [2.24, 2.45) is 11.8 Å². The Labute approximate surface area is 140 Å². The van der Waals surface area contributed by atoms with Crippen LogP contribution in [0.25, 0.3) is 5.57 Å². The molecule has 0 heterocycles. The smallest absolute Gasteiger partial charge is 0.0853 e. The fraction of sp³-hybridized carbons (Fsp3) is 0.364. The van der Waals surface area contributed by atoms with Gasteiger partial charge in [-0.05, 0) is 55.6 Å². The summed E-state index contributed by atoms with van der Waals surface area (Å²) in [5.74, 6) is 1.46. The third-order valence-electron chi connectivity index (χ3n) is 4.78. The molecule has 0 atom stereocenters. The van der Waals surface area contributed by atoms with Gasteiger partial charge in [0.2, 0.25) is 0 Å². The number of aliphatic hydroxyl groups is 1. The minimum Gasteiger partial charge on any atom is -0.513 e. The van der Waals surface area contributed by atoms with E-state index in [2.05, 4.69) is 63.1 Å². The Morgan fingerprint density at radius 3 is 2.43 bits per heavy atom. The molecule has 2 rings (SSSR count). The summed E-state index contributed by atoms with van der Waals surface area (Å²) < 4.78 is 0. The highest BCUT2D eigenvalue weighted by molar-refractivity contribution is 5.72. The van der Waals surface area contributed by atoms with E-state index < -0.39 is 0 Å². The first-order chi connectivity index (χ1) is 11.0. The van der Waals surface area contributed by atoms with Crippen LogP contribution in [0.1, 0.15) is 43.2 Å². The monoisotopic (exact) mass is 308 g/mol. The minimum absolute atomic E-state index is 0.321. The van der Waals surface area contributed by atoms with E-state index in [1.807, 2.05) is 0 Å². The number of aryl methyl sites for hydroxylation is 1. The van der Waals surface area contributed by atoms with Gasteiger partial charge in [-0.2, -0.15) is 0 Å². The lowest BCUT2D eigenvalue weighted by Crippen LogP contribution is -2.15. The van der Waals surface area contributed by atoms with Gasteiger partial charge in [0.05, 0.1) is 5.76 Å². The van der Waals surface area contributed by atoms with Crippen LogP contribution in [0.2, 0.25) is 0 Å². The van der Waals surface area contributed by atoms with Crippen molar-refractivity contribution in [2.75, 3.05) is 0 Å². The molecule has 1 N–H and O–H groups in total. The average Bonchev–Trinajstić information content (AvgIpc) is 2.52. The summed E-state index contributed by atoms with van der Waals surface area (Å²) in [6.45, 7) is 14.1. The van der Waals surface area contributed by atoms with Crippen molar-refractivity contribution >= 4 is 5.57 Å². The summed E-state index contributed by atoms with van der Waals surface area (Å²) >= 11 is 0. The van der Waals surface area contributed by atoms with Gasteiger partial charge < -0.3 is 5.11 Å². The lowest BCUT2D eigenvalue weighted by atomic mass is 9.77. The quantitative estimate of drug-likeness (QED) is 0.477. The third kappa shape index (κ3) is 5.28. The summed E-state index contributed by atoms with van der Waals surface area (Å²) in [5, 5.41) is 9.32. The second-order valence-electron chi connectivity index (χ2n) is 6.79. The zero-order valence-electron chi connectivity index (χ0n) is 14.2. The number of hydrogen-bond donors (Lipinski definition) is 1. The summed E-state index contributed by atoms with van der Waals surface area (Å²) in [6, 6.07) is 8.41. The van der Waals surface area contributed by atoms with Gasteiger partial charge in [0.15, 0.2) is 0 Å². The molecule has 1 heteroatoms. The van der Waals surface area contributed by atoms with Crippen LogP contribution in [0.5, 0.6) is 0 Å². The van der Waals surface area contributed by atoms with Gasteiger partial charge in [0, 0.05) is 6.42 Å². The van der Waals surface area contributed by atoms with Gasteiger partial charge in [0.25, 0.3) is 0 Å². The lowest BCUT2D eigenvalue weighted by molar-refractivity contribution is 0.268. The van der Waals surface area contributed by atoms with Gasteiger partial charge in [-0.25, -0.2) is 0 Å². The molecule has 1 aromatic rings. The zero-order chi connectivity index (χ0) is 16.8. The fourth-order valence-electron chi connectivity index (χ4n) is 3.36. The second kappa shape index (κ2) is 8.01. The predicted molar refractivity (Wildman–Crippen MR) is 100 cm³/mol. The van der Waals surface area contributed by atoms with E-state index in [-0.39, 0.29) is 0 Å². The molecule has 1 aliphatic carbocycles. The second-order valence-corrected chi connectivity index (χ2v) is 6.79. The topological polar surface area (TPSA) is 20.2 Å². The number of allylic oxidation sites excluding steroid dienone is 5. The van der Waals surface area contributed by atoms with Crippen LogP contribution in [0, 0.1) is 18.8 Å². The average molecular weight is 308 g/mol. The molecule has 1 aliphatic rings. The molecule has 0 bridgehead atoms. The molecular formula is C22H28O. The summed E-state index contributed by atoms with van der Waals surface area (Å²) in [6.07, 6.45) is 9.56. The molecule has 1 saturated carbocycles. The number of benzene rings is 1. The molecule has 1 nitrogen and oxygen atoms in total. The molecule has 23 heavy (non-hydrogen) atoms. The van der Waals surface area contributed by atoms with E-state index >= 15 is 0 Å². The first kappa shape index (κ1) is 17.3. The van der Waals surface area contributed by atoms with E-state index in [4.69, 9.17) is 0 Å². The SMILES string of the molecule is C=C(O)CC1CCC(C(=C)/C=C\C(=C)c2cccc(C)c2)CC1. The van der Waals surface area contributed by atoms with Crippen molar-refractivity contribution in [3.8, 4) is 0 Å². The van der Waals surface area contributed by atoms with Crippen LogP contribution in [-0.4, -0.2) is 5.11 Å². The molecule has 1 fully saturated rings. The largest absolute Gasteiger partial charge is 0.513 e. The molecule has 122 valence electrons. The molecule has 0 aromatic heterocycles. The van der Waals surface area contributed by atoms with Gasteiger partial charge in [-0.15, -0.1) is 0 Å². The summed E-state index contributed by atoms with van der Waals surface area (Å²) in [5.41, 5.74) is 4.64. The molecular weight excluding hydrogens is 280 g/mol. The first-order valence-electron chi connectivity index (χ1n) is 8.45. The van der Waals surface area contributed by atoms with Crippen molar-refractivity contribution in [1.82, 2.24) is 0 Å². The van der Waals surface area contributed by atoms with Gasteiger partial charge in [0.1, 0.15) is 0 Å². The van der Waals surface area contributed by atoms with Crippen LogP contribution in [0.3, 0.4) is 0 Å². The molecule has 0 amide bonds. The van der Waals surface area contributed by atoms with E-state index in [9.17, 15) is 5.11 Å². The van der Waals surface area contributed by atoms with Crippen LogP contribution in [0.15, 0.2) is 67.5 Å². The van der Waals surface area contributed by atoms with Crippen molar-refractivity contribution in [3.05, 3.63) is 78.6 Å². The molecule has 0 unspecified atom stereocenters. The number of aliphatic hydroxyl groups excluding tert-OH is 1. The maximum absolute atomic E-state index is 9.32. The highest BCUT2D eigenvalue weighted by Gasteiger charge is 2.22. The molecule has 0 saturated heterocycles. The highest BCUT2D eigenvalue weighted by Crippen LogP contribution is 2.35. The fourth-order valence-corrected chi connectivity index (χ4v) is 3.36. The van der Waals surface area contributed by atoms with E-state index in [1.54, 1.807) is 0 Å². The van der Waals surface area contributed by atoms with Crippen LogP contribution in [0.4, 0.5) is 0 Å². The highest BCUT2D eigenvalue weighted by atomic mass is 16.3. The van der Waals surface area contributed by atoms with Gasteiger partial charge in [-0.1, -0.05) is 67.3 Å². The Kier molecular flexibility index (Phi) is 6.04.